The minimum atomic E-state index is -2.35. The molecule has 0 aromatic heterocycles. The molecule has 5 heteroatoms. The zero-order valence-corrected chi connectivity index (χ0v) is 14.6. The largest absolute Gasteiger partial charge is 0.512 e. The minimum Gasteiger partial charge on any atom is -0.512 e. The Balaban J connectivity index is 2.19. The van der Waals surface area contributed by atoms with Crippen molar-refractivity contribution in [1.29, 1.82) is 0 Å². The molecule has 0 heterocycles. The molecule has 0 aliphatic carbocycles. The van der Waals surface area contributed by atoms with Gasteiger partial charge in [-0.3, -0.25) is 0 Å². The van der Waals surface area contributed by atoms with Crippen LogP contribution in [0, 0.1) is 0 Å². The first kappa shape index (κ1) is 16.2. The summed E-state index contributed by atoms with van der Waals surface area (Å²) in [5.41, 5.74) is 0. The van der Waals surface area contributed by atoms with Crippen LogP contribution >= 0.6 is 23.2 Å². The molecule has 2 aromatic carbocycles. The van der Waals surface area contributed by atoms with Gasteiger partial charge in [-0.15, -0.1) is 0 Å². The van der Waals surface area contributed by atoms with E-state index in [0.29, 0.717) is 10.0 Å². The molecule has 2 aromatic rings. The first-order valence-electron chi connectivity index (χ1n) is 6.96. The van der Waals surface area contributed by atoms with Crippen LogP contribution in [0.2, 0.25) is 22.1 Å². The molecule has 0 fully saturated rings. The molecule has 0 aliphatic heterocycles. The van der Waals surface area contributed by atoms with Gasteiger partial charge in [0.15, 0.2) is 0 Å². The predicted molar refractivity (Wildman–Crippen MR) is 90.9 cm³/mol. The van der Waals surface area contributed by atoms with Crippen LogP contribution < -0.4 is 8.85 Å². The molecular formula is C16H18Cl2O2Si. The first-order valence-corrected chi connectivity index (χ1v) is 9.95. The van der Waals surface area contributed by atoms with Gasteiger partial charge in [0.05, 0.1) is 0 Å². The molecular weight excluding hydrogens is 323 g/mol. The molecule has 21 heavy (non-hydrogen) atoms. The molecule has 0 unspecified atom stereocenters. The number of benzene rings is 2. The van der Waals surface area contributed by atoms with E-state index in [1.807, 2.05) is 48.5 Å². The summed E-state index contributed by atoms with van der Waals surface area (Å²) in [7, 11) is -2.35. The van der Waals surface area contributed by atoms with Crippen molar-refractivity contribution >= 4 is 31.8 Å². The van der Waals surface area contributed by atoms with Gasteiger partial charge in [0.25, 0.3) is 0 Å². The third kappa shape index (κ3) is 4.40. The van der Waals surface area contributed by atoms with Gasteiger partial charge in [-0.05, 0) is 48.5 Å². The Hall–Kier alpha value is -1.16. The van der Waals surface area contributed by atoms with E-state index in [-0.39, 0.29) is 0 Å². The van der Waals surface area contributed by atoms with Crippen molar-refractivity contribution in [2.24, 2.45) is 0 Å². The molecule has 0 saturated heterocycles. The smallest absolute Gasteiger partial charge is 0.459 e. The summed E-state index contributed by atoms with van der Waals surface area (Å²) in [6, 6.07) is 16.5. The van der Waals surface area contributed by atoms with Gasteiger partial charge in [-0.25, -0.2) is 0 Å². The highest BCUT2D eigenvalue weighted by atomic mass is 35.5. The van der Waals surface area contributed by atoms with Crippen LogP contribution in [0.5, 0.6) is 11.5 Å². The summed E-state index contributed by atoms with van der Waals surface area (Å²) >= 11 is 11.8. The third-order valence-electron chi connectivity index (χ3n) is 3.31. The lowest BCUT2D eigenvalue weighted by Gasteiger charge is -2.30. The van der Waals surface area contributed by atoms with Gasteiger partial charge >= 0.3 is 8.56 Å². The van der Waals surface area contributed by atoms with Gasteiger partial charge in [0, 0.05) is 22.1 Å². The maximum absolute atomic E-state index is 6.21. The molecule has 0 radical (unpaired) electrons. The van der Waals surface area contributed by atoms with Crippen LogP contribution in [0.15, 0.2) is 48.5 Å². The van der Waals surface area contributed by atoms with Crippen molar-refractivity contribution < 1.29 is 8.85 Å². The SMILES string of the molecule is CC[Si](CC)(Oc1ccc(Cl)cc1)Oc1ccc(Cl)cc1. The molecule has 2 rings (SSSR count). The molecule has 0 spiro atoms. The van der Waals surface area contributed by atoms with E-state index in [1.54, 1.807) is 0 Å². The standard InChI is InChI=1S/C16H18Cl2O2Si/c1-3-21(4-2,19-15-9-5-13(17)6-10-15)20-16-11-7-14(18)8-12-16/h5-12H,3-4H2,1-2H3. The second kappa shape index (κ2) is 7.21. The van der Waals surface area contributed by atoms with Crippen molar-refractivity contribution in [2.45, 2.75) is 25.9 Å². The Morgan fingerprint density at radius 3 is 1.33 bits per heavy atom. The maximum Gasteiger partial charge on any atom is 0.459 e. The Morgan fingerprint density at radius 2 is 1.05 bits per heavy atom. The summed E-state index contributed by atoms with van der Waals surface area (Å²) < 4.78 is 12.4. The van der Waals surface area contributed by atoms with Gasteiger partial charge in [0.2, 0.25) is 0 Å². The summed E-state index contributed by atoms with van der Waals surface area (Å²) in [5.74, 6) is 1.59. The fourth-order valence-corrected chi connectivity index (χ4v) is 4.50. The topological polar surface area (TPSA) is 18.5 Å². The maximum atomic E-state index is 6.21. The fourth-order valence-electron chi connectivity index (χ4n) is 1.99. The van der Waals surface area contributed by atoms with Crippen LogP contribution in [0.3, 0.4) is 0 Å². The fraction of sp³-hybridized carbons (Fsp3) is 0.250. The van der Waals surface area contributed by atoms with Crippen LogP contribution in [0.4, 0.5) is 0 Å². The molecule has 0 bridgehead atoms. The van der Waals surface area contributed by atoms with E-state index in [4.69, 9.17) is 32.1 Å². The van der Waals surface area contributed by atoms with Gasteiger partial charge in [0.1, 0.15) is 11.5 Å². The normalized spacial score (nSPS) is 11.2. The molecule has 0 saturated carbocycles. The summed E-state index contributed by atoms with van der Waals surface area (Å²) in [4.78, 5) is 0. The van der Waals surface area contributed by atoms with E-state index in [9.17, 15) is 0 Å². The lowest BCUT2D eigenvalue weighted by molar-refractivity contribution is 0.381. The van der Waals surface area contributed by atoms with Gasteiger partial charge < -0.3 is 8.85 Å². The molecule has 0 atom stereocenters. The van der Waals surface area contributed by atoms with Crippen molar-refractivity contribution in [1.82, 2.24) is 0 Å². The number of hydrogen-bond donors (Lipinski definition) is 0. The Morgan fingerprint density at radius 1 is 0.714 bits per heavy atom. The van der Waals surface area contributed by atoms with Crippen LogP contribution in [0.1, 0.15) is 13.8 Å². The second-order valence-corrected chi connectivity index (χ2v) is 9.25. The third-order valence-corrected chi connectivity index (χ3v) is 7.19. The zero-order chi connectivity index (χ0) is 15.3. The monoisotopic (exact) mass is 340 g/mol. The average molecular weight is 341 g/mol. The summed E-state index contributed by atoms with van der Waals surface area (Å²) in [5, 5.41) is 1.39. The zero-order valence-electron chi connectivity index (χ0n) is 12.1. The van der Waals surface area contributed by atoms with Crippen molar-refractivity contribution in [3.05, 3.63) is 58.6 Å². The molecule has 112 valence electrons. The highest BCUT2D eigenvalue weighted by Crippen LogP contribution is 2.27. The van der Waals surface area contributed by atoms with E-state index < -0.39 is 8.56 Å². The van der Waals surface area contributed by atoms with Gasteiger partial charge in [-0.1, -0.05) is 37.0 Å². The Bertz CT molecular complexity index is 516. The second-order valence-electron chi connectivity index (χ2n) is 4.73. The van der Waals surface area contributed by atoms with Gasteiger partial charge in [-0.2, -0.15) is 0 Å². The average Bonchev–Trinajstić information content (AvgIpc) is 2.51. The number of hydrogen-bond acceptors (Lipinski definition) is 2. The molecule has 2 nitrogen and oxygen atoms in total. The Kier molecular flexibility index (Phi) is 5.56. The van der Waals surface area contributed by atoms with Crippen molar-refractivity contribution in [3.63, 3.8) is 0 Å². The van der Waals surface area contributed by atoms with E-state index >= 15 is 0 Å². The van der Waals surface area contributed by atoms with Crippen LogP contribution in [-0.2, 0) is 0 Å². The highest BCUT2D eigenvalue weighted by Gasteiger charge is 2.38. The van der Waals surface area contributed by atoms with E-state index in [2.05, 4.69) is 13.8 Å². The number of halogens is 2. The van der Waals surface area contributed by atoms with Crippen molar-refractivity contribution in [3.8, 4) is 11.5 Å². The molecule has 0 aliphatic rings. The predicted octanol–water partition coefficient (Wildman–Crippen LogP) is 5.93. The number of rotatable bonds is 6. The molecule has 0 N–H and O–H groups in total. The van der Waals surface area contributed by atoms with Crippen LogP contribution in [0.25, 0.3) is 0 Å². The van der Waals surface area contributed by atoms with E-state index in [1.165, 1.54) is 0 Å². The quantitative estimate of drug-likeness (QED) is 0.606. The highest BCUT2D eigenvalue weighted by molar-refractivity contribution is 6.68. The van der Waals surface area contributed by atoms with Crippen LogP contribution in [-0.4, -0.2) is 8.56 Å². The summed E-state index contributed by atoms with van der Waals surface area (Å²) in [6.45, 7) is 4.20. The summed E-state index contributed by atoms with van der Waals surface area (Å²) in [6.07, 6.45) is 0. The van der Waals surface area contributed by atoms with Crippen molar-refractivity contribution in [2.75, 3.05) is 0 Å². The lowest BCUT2D eigenvalue weighted by Crippen LogP contribution is -2.47. The first-order chi connectivity index (χ1) is 10.1. The lowest BCUT2D eigenvalue weighted by atomic mass is 10.3. The van der Waals surface area contributed by atoms with E-state index in [0.717, 1.165) is 23.6 Å². The molecule has 0 amide bonds. The minimum absolute atomic E-state index is 0.696. The Labute approximate surface area is 136 Å².